The zero-order valence-electron chi connectivity index (χ0n) is 8.83. The van der Waals surface area contributed by atoms with Crippen LogP contribution in [-0.4, -0.2) is 17.3 Å². The van der Waals surface area contributed by atoms with Gasteiger partial charge in [-0.05, 0) is 37.5 Å². The van der Waals surface area contributed by atoms with Gasteiger partial charge in [0.2, 0.25) is 0 Å². The lowest BCUT2D eigenvalue weighted by atomic mass is 9.80. The highest BCUT2D eigenvalue weighted by Gasteiger charge is 2.34. The first-order valence-electron chi connectivity index (χ1n) is 5.29. The van der Waals surface area contributed by atoms with Crippen LogP contribution in [0.1, 0.15) is 24.8 Å². The van der Waals surface area contributed by atoms with E-state index in [0.717, 1.165) is 24.9 Å². The minimum Gasteiger partial charge on any atom is -0.388 e. The molecule has 1 aliphatic rings. The number of nitrogens with zero attached hydrogens (tertiary/aromatic N) is 1. The van der Waals surface area contributed by atoms with Gasteiger partial charge in [0, 0.05) is 11.6 Å². The minimum absolute atomic E-state index is 0.489. The van der Waals surface area contributed by atoms with Gasteiger partial charge >= 0.3 is 0 Å². The number of hydrogen-bond acceptors (Lipinski definition) is 3. The Morgan fingerprint density at radius 2 is 2.25 bits per heavy atom. The van der Waals surface area contributed by atoms with E-state index in [1.807, 2.05) is 0 Å². The predicted molar refractivity (Wildman–Crippen MR) is 63.5 cm³/mol. The van der Waals surface area contributed by atoms with Crippen LogP contribution < -0.4 is 5.32 Å². The molecule has 1 aliphatic carbocycles. The van der Waals surface area contributed by atoms with Gasteiger partial charge in [0.1, 0.15) is 6.07 Å². The van der Waals surface area contributed by atoms with Gasteiger partial charge < -0.3 is 10.4 Å². The number of nitrogens with one attached hydrogen (secondary N) is 1. The zero-order valence-corrected chi connectivity index (χ0v) is 9.59. The van der Waals surface area contributed by atoms with Crippen molar-refractivity contribution >= 4 is 17.3 Å². The normalized spacial score (nSPS) is 17.3. The molecule has 0 unspecified atom stereocenters. The second kappa shape index (κ2) is 4.32. The van der Waals surface area contributed by atoms with Crippen LogP contribution in [0.3, 0.4) is 0 Å². The third-order valence-electron chi connectivity index (χ3n) is 2.99. The third kappa shape index (κ3) is 2.29. The van der Waals surface area contributed by atoms with Crippen LogP contribution in [0.15, 0.2) is 18.2 Å². The van der Waals surface area contributed by atoms with E-state index in [4.69, 9.17) is 16.9 Å². The van der Waals surface area contributed by atoms with Gasteiger partial charge in [-0.2, -0.15) is 5.26 Å². The molecule has 2 N–H and O–H groups in total. The third-order valence-corrected chi connectivity index (χ3v) is 3.23. The fourth-order valence-corrected chi connectivity index (χ4v) is 1.96. The topological polar surface area (TPSA) is 56.0 Å². The van der Waals surface area contributed by atoms with Gasteiger partial charge in [-0.25, -0.2) is 0 Å². The fraction of sp³-hybridized carbons (Fsp3) is 0.417. The second-order valence-electron chi connectivity index (χ2n) is 4.23. The van der Waals surface area contributed by atoms with Crippen molar-refractivity contribution < 1.29 is 5.11 Å². The number of hydrogen-bond donors (Lipinski definition) is 2. The molecule has 3 nitrogen and oxygen atoms in total. The van der Waals surface area contributed by atoms with Crippen LogP contribution in [0, 0.1) is 11.3 Å². The molecule has 0 amide bonds. The van der Waals surface area contributed by atoms with Gasteiger partial charge in [-0.15, -0.1) is 0 Å². The molecule has 0 aromatic heterocycles. The maximum Gasteiger partial charge on any atom is 0.101 e. The summed E-state index contributed by atoms with van der Waals surface area (Å²) in [7, 11) is 0. The molecule has 16 heavy (non-hydrogen) atoms. The van der Waals surface area contributed by atoms with Crippen molar-refractivity contribution in [2.45, 2.75) is 24.9 Å². The van der Waals surface area contributed by atoms with Crippen LogP contribution in [0.4, 0.5) is 5.69 Å². The number of anilines is 1. The van der Waals surface area contributed by atoms with E-state index in [0.29, 0.717) is 17.1 Å². The first-order valence-corrected chi connectivity index (χ1v) is 5.67. The van der Waals surface area contributed by atoms with Crippen LogP contribution >= 0.6 is 11.6 Å². The quantitative estimate of drug-likeness (QED) is 0.848. The van der Waals surface area contributed by atoms with Crippen molar-refractivity contribution in [1.82, 2.24) is 0 Å². The average Bonchev–Trinajstić information content (AvgIpc) is 2.24. The lowest BCUT2D eigenvalue weighted by Gasteiger charge is -2.36. The van der Waals surface area contributed by atoms with E-state index in [9.17, 15) is 5.11 Å². The molecule has 1 saturated carbocycles. The molecule has 1 aromatic carbocycles. The Morgan fingerprint density at radius 3 is 2.81 bits per heavy atom. The van der Waals surface area contributed by atoms with Gasteiger partial charge in [0.15, 0.2) is 0 Å². The summed E-state index contributed by atoms with van der Waals surface area (Å²) in [6.07, 6.45) is 2.73. The van der Waals surface area contributed by atoms with Crippen LogP contribution in [-0.2, 0) is 0 Å². The van der Waals surface area contributed by atoms with E-state index < -0.39 is 5.60 Å². The number of aliphatic hydroxyl groups is 1. The second-order valence-corrected chi connectivity index (χ2v) is 4.67. The summed E-state index contributed by atoms with van der Waals surface area (Å²) >= 11 is 5.80. The molecule has 1 fully saturated rings. The van der Waals surface area contributed by atoms with Crippen molar-refractivity contribution in [3.63, 3.8) is 0 Å². The van der Waals surface area contributed by atoms with Crippen molar-refractivity contribution in [1.29, 1.82) is 5.26 Å². The molecule has 0 heterocycles. The van der Waals surface area contributed by atoms with Gasteiger partial charge in [0.05, 0.1) is 16.9 Å². The highest BCUT2D eigenvalue weighted by molar-refractivity contribution is 6.30. The van der Waals surface area contributed by atoms with Crippen molar-refractivity contribution in [3.8, 4) is 6.07 Å². The molecule has 1 aromatic rings. The monoisotopic (exact) mass is 236 g/mol. The van der Waals surface area contributed by atoms with Crippen molar-refractivity contribution in [2.75, 3.05) is 11.9 Å². The van der Waals surface area contributed by atoms with Gasteiger partial charge in [0.25, 0.3) is 0 Å². The van der Waals surface area contributed by atoms with E-state index in [2.05, 4.69) is 11.4 Å². The fourth-order valence-electron chi connectivity index (χ4n) is 1.78. The predicted octanol–water partition coefficient (Wildman–Crippen LogP) is 2.54. The molecular weight excluding hydrogens is 224 g/mol. The molecule has 0 saturated heterocycles. The summed E-state index contributed by atoms with van der Waals surface area (Å²) < 4.78 is 0. The highest BCUT2D eigenvalue weighted by atomic mass is 35.5. The Kier molecular flexibility index (Phi) is 3.04. The van der Waals surface area contributed by atoms with Gasteiger partial charge in [-0.1, -0.05) is 11.6 Å². The lowest BCUT2D eigenvalue weighted by molar-refractivity contribution is -0.0201. The molecule has 0 spiro atoms. The SMILES string of the molecule is N#Cc1cc(Cl)ccc1NCC1(O)CCC1. The number of rotatable bonds is 3. The minimum atomic E-state index is -0.591. The first-order chi connectivity index (χ1) is 7.63. The summed E-state index contributed by atoms with van der Waals surface area (Å²) in [5.74, 6) is 0. The maximum absolute atomic E-state index is 9.92. The molecule has 84 valence electrons. The Hall–Kier alpha value is -1.24. The highest BCUT2D eigenvalue weighted by Crippen LogP contribution is 2.32. The van der Waals surface area contributed by atoms with Crippen LogP contribution in [0.2, 0.25) is 5.02 Å². The largest absolute Gasteiger partial charge is 0.388 e. The molecule has 0 radical (unpaired) electrons. The summed E-state index contributed by atoms with van der Waals surface area (Å²) in [6, 6.07) is 7.20. The van der Waals surface area contributed by atoms with E-state index in [1.165, 1.54) is 0 Å². The van der Waals surface area contributed by atoms with E-state index >= 15 is 0 Å². The zero-order chi connectivity index (χ0) is 11.6. The molecule has 0 atom stereocenters. The summed E-state index contributed by atoms with van der Waals surface area (Å²) in [6.45, 7) is 0.489. The first kappa shape index (κ1) is 11.3. The number of nitriles is 1. The van der Waals surface area contributed by atoms with E-state index in [1.54, 1.807) is 18.2 Å². The van der Waals surface area contributed by atoms with Crippen molar-refractivity contribution in [2.24, 2.45) is 0 Å². The lowest BCUT2D eigenvalue weighted by Crippen LogP contribution is -2.43. The summed E-state index contributed by atoms with van der Waals surface area (Å²) in [4.78, 5) is 0. The number of halogens is 1. The Balaban J connectivity index is 2.07. The van der Waals surface area contributed by atoms with Crippen LogP contribution in [0.25, 0.3) is 0 Å². The Labute approximate surface area is 99.7 Å². The average molecular weight is 237 g/mol. The maximum atomic E-state index is 9.92. The smallest absolute Gasteiger partial charge is 0.101 e. The standard InChI is InChI=1S/C12H13ClN2O/c13-10-2-3-11(9(6-10)7-14)15-8-12(16)4-1-5-12/h2-3,6,15-16H,1,4-5,8H2. The molecular formula is C12H13ClN2O. The molecule has 0 aliphatic heterocycles. The molecule has 2 rings (SSSR count). The van der Waals surface area contributed by atoms with Crippen LogP contribution in [0.5, 0.6) is 0 Å². The molecule has 0 bridgehead atoms. The summed E-state index contributed by atoms with van der Waals surface area (Å²) in [5, 5.41) is 22.5. The van der Waals surface area contributed by atoms with Crippen molar-refractivity contribution in [3.05, 3.63) is 28.8 Å². The Morgan fingerprint density at radius 1 is 1.50 bits per heavy atom. The van der Waals surface area contributed by atoms with E-state index in [-0.39, 0.29) is 0 Å². The van der Waals surface area contributed by atoms with Gasteiger partial charge in [-0.3, -0.25) is 0 Å². The molecule has 4 heteroatoms. The summed E-state index contributed by atoms with van der Waals surface area (Å²) in [5.41, 5.74) is 0.648. The Bertz CT molecular complexity index is 435. The number of benzene rings is 1.